The molecule has 0 radical (unpaired) electrons. The number of amides is 1. The number of rotatable bonds is 5. The van der Waals surface area contributed by atoms with Gasteiger partial charge >= 0.3 is 0 Å². The third kappa shape index (κ3) is 4.03. The number of carbonyl (C=O) groups excluding carboxylic acids is 1. The average molecular weight is 307 g/mol. The Labute approximate surface area is 127 Å². The van der Waals surface area contributed by atoms with Crippen LogP contribution in [0.2, 0.25) is 5.02 Å². The zero-order valence-corrected chi connectivity index (χ0v) is 12.3. The van der Waals surface area contributed by atoms with Crippen LogP contribution in [0.5, 0.6) is 0 Å². The molecule has 0 aliphatic carbocycles. The van der Waals surface area contributed by atoms with Crippen molar-refractivity contribution >= 4 is 17.5 Å². The molecule has 0 aliphatic heterocycles. The van der Waals surface area contributed by atoms with E-state index >= 15 is 0 Å². The molecule has 3 nitrogen and oxygen atoms in total. The summed E-state index contributed by atoms with van der Waals surface area (Å²) in [5.41, 5.74) is 6.83. The second kappa shape index (κ2) is 6.70. The van der Waals surface area contributed by atoms with Crippen LogP contribution in [-0.2, 0) is 6.54 Å². The first-order chi connectivity index (χ1) is 9.97. The zero-order valence-electron chi connectivity index (χ0n) is 11.6. The molecule has 3 N–H and O–H groups in total. The van der Waals surface area contributed by atoms with Gasteiger partial charge in [-0.1, -0.05) is 29.8 Å². The summed E-state index contributed by atoms with van der Waals surface area (Å²) in [6.07, 6.45) is 0. The number of nitrogens with two attached hydrogens (primary N) is 1. The lowest BCUT2D eigenvalue weighted by atomic mass is 10.1. The van der Waals surface area contributed by atoms with Crippen molar-refractivity contribution in [2.75, 3.05) is 0 Å². The summed E-state index contributed by atoms with van der Waals surface area (Å²) in [4.78, 5) is 11.0. The highest BCUT2D eigenvalue weighted by Crippen LogP contribution is 2.17. The number of primary amides is 1. The summed E-state index contributed by atoms with van der Waals surface area (Å²) >= 11 is 5.84. The third-order valence-corrected chi connectivity index (χ3v) is 3.56. The van der Waals surface area contributed by atoms with Gasteiger partial charge in [-0.15, -0.1) is 0 Å². The standard InChI is InChI=1S/C16H16ClFN2O/c1-10(11-4-6-14(17)7-5-11)20-9-13-3-2-12(16(19)21)8-15(13)18/h2-8,10,20H,9H2,1H3,(H2,19,21). The SMILES string of the molecule is CC(NCc1ccc(C(N)=O)cc1F)c1ccc(Cl)cc1. The normalized spacial score (nSPS) is 12.1. The maximum Gasteiger partial charge on any atom is 0.248 e. The van der Waals surface area contributed by atoms with Crippen LogP contribution in [0.3, 0.4) is 0 Å². The quantitative estimate of drug-likeness (QED) is 0.889. The van der Waals surface area contributed by atoms with Gasteiger partial charge in [0.15, 0.2) is 0 Å². The minimum atomic E-state index is -0.636. The molecule has 110 valence electrons. The maximum absolute atomic E-state index is 13.9. The highest BCUT2D eigenvalue weighted by atomic mass is 35.5. The lowest BCUT2D eigenvalue weighted by Gasteiger charge is -2.15. The first kappa shape index (κ1) is 15.5. The maximum atomic E-state index is 13.9. The van der Waals surface area contributed by atoms with Gasteiger partial charge in [0.2, 0.25) is 5.91 Å². The molecule has 0 heterocycles. The van der Waals surface area contributed by atoms with Crippen molar-refractivity contribution in [3.05, 3.63) is 70.0 Å². The fourth-order valence-electron chi connectivity index (χ4n) is 1.98. The number of hydrogen-bond donors (Lipinski definition) is 2. The van der Waals surface area contributed by atoms with E-state index < -0.39 is 11.7 Å². The van der Waals surface area contributed by atoms with Crippen LogP contribution >= 0.6 is 11.6 Å². The van der Waals surface area contributed by atoms with Gasteiger partial charge in [-0.25, -0.2) is 4.39 Å². The van der Waals surface area contributed by atoms with Gasteiger partial charge in [-0.2, -0.15) is 0 Å². The number of hydrogen-bond acceptors (Lipinski definition) is 2. The molecule has 21 heavy (non-hydrogen) atoms. The van der Waals surface area contributed by atoms with E-state index in [-0.39, 0.29) is 11.6 Å². The molecule has 0 bridgehead atoms. The van der Waals surface area contributed by atoms with Crippen LogP contribution in [0, 0.1) is 5.82 Å². The van der Waals surface area contributed by atoms with E-state index in [9.17, 15) is 9.18 Å². The molecule has 0 aliphatic rings. The van der Waals surface area contributed by atoms with Crippen molar-refractivity contribution < 1.29 is 9.18 Å². The van der Waals surface area contributed by atoms with Gasteiger partial charge in [0.25, 0.3) is 0 Å². The smallest absolute Gasteiger partial charge is 0.248 e. The summed E-state index contributed by atoms with van der Waals surface area (Å²) in [7, 11) is 0. The molecule has 1 amide bonds. The number of carbonyl (C=O) groups is 1. The van der Waals surface area contributed by atoms with Crippen molar-refractivity contribution in [1.82, 2.24) is 5.32 Å². The molecule has 2 aromatic carbocycles. The van der Waals surface area contributed by atoms with Gasteiger partial charge in [0.1, 0.15) is 5.82 Å². The largest absolute Gasteiger partial charge is 0.366 e. The molecule has 0 spiro atoms. The molecule has 2 rings (SSSR count). The zero-order chi connectivity index (χ0) is 15.4. The van der Waals surface area contributed by atoms with Crippen molar-refractivity contribution in [2.24, 2.45) is 5.73 Å². The fraction of sp³-hybridized carbons (Fsp3) is 0.188. The Balaban J connectivity index is 2.02. The Morgan fingerprint density at radius 1 is 1.29 bits per heavy atom. The number of halogens is 2. The van der Waals surface area contributed by atoms with Crippen LogP contribution in [0.1, 0.15) is 34.5 Å². The van der Waals surface area contributed by atoms with E-state index in [2.05, 4.69) is 5.32 Å². The molecule has 0 aromatic heterocycles. The van der Waals surface area contributed by atoms with Crippen LogP contribution < -0.4 is 11.1 Å². The van der Waals surface area contributed by atoms with Gasteiger partial charge < -0.3 is 11.1 Å². The molecule has 5 heteroatoms. The molecule has 2 aromatic rings. The molecule has 1 unspecified atom stereocenters. The second-order valence-electron chi connectivity index (χ2n) is 4.82. The Kier molecular flexibility index (Phi) is 4.94. The van der Waals surface area contributed by atoms with E-state index in [0.717, 1.165) is 11.6 Å². The Morgan fingerprint density at radius 3 is 2.52 bits per heavy atom. The van der Waals surface area contributed by atoms with Gasteiger partial charge in [0.05, 0.1) is 0 Å². The predicted octanol–water partition coefficient (Wildman–Crippen LogP) is 3.43. The molecule has 0 fully saturated rings. The highest BCUT2D eigenvalue weighted by Gasteiger charge is 2.09. The van der Waals surface area contributed by atoms with Crippen LogP contribution in [0.15, 0.2) is 42.5 Å². The lowest BCUT2D eigenvalue weighted by molar-refractivity contribution is 0.1000. The minimum Gasteiger partial charge on any atom is -0.366 e. The fourth-order valence-corrected chi connectivity index (χ4v) is 2.10. The highest BCUT2D eigenvalue weighted by molar-refractivity contribution is 6.30. The molecule has 0 saturated heterocycles. The lowest BCUT2D eigenvalue weighted by Crippen LogP contribution is -2.19. The Hall–Kier alpha value is -1.91. The summed E-state index contributed by atoms with van der Waals surface area (Å²) in [6.45, 7) is 2.34. The van der Waals surface area contributed by atoms with E-state index in [0.29, 0.717) is 17.1 Å². The average Bonchev–Trinajstić information content (AvgIpc) is 2.46. The Morgan fingerprint density at radius 2 is 1.95 bits per heavy atom. The van der Waals surface area contributed by atoms with E-state index in [1.54, 1.807) is 6.07 Å². The summed E-state index contributed by atoms with van der Waals surface area (Å²) < 4.78 is 13.9. The third-order valence-electron chi connectivity index (χ3n) is 3.31. The van der Waals surface area contributed by atoms with Crippen molar-refractivity contribution in [3.8, 4) is 0 Å². The minimum absolute atomic E-state index is 0.0532. The molecular formula is C16H16ClFN2O. The summed E-state index contributed by atoms with van der Waals surface area (Å²) in [5, 5.41) is 3.90. The van der Waals surface area contributed by atoms with Gasteiger partial charge in [0, 0.05) is 28.7 Å². The van der Waals surface area contributed by atoms with Crippen LogP contribution in [0.25, 0.3) is 0 Å². The second-order valence-corrected chi connectivity index (χ2v) is 5.26. The van der Waals surface area contributed by atoms with Crippen molar-refractivity contribution in [3.63, 3.8) is 0 Å². The van der Waals surface area contributed by atoms with E-state index in [1.807, 2.05) is 31.2 Å². The number of nitrogens with one attached hydrogen (secondary N) is 1. The number of benzene rings is 2. The van der Waals surface area contributed by atoms with E-state index in [1.165, 1.54) is 6.07 Å². The predicted molar refractivity (Wildman–Crippen MR) is 81.6 cm³/mol. The first-order valence-electron chi connectivity index (χ1n) is 6.54. The van der Waals surface area contributed by atoms with Gasteiger partial charge in [-0.3, -0.25) is 4.79 Å². The van der Waals surface area contributed by atoms with Crippen LogP contribution in [0.4, 0.5) is 4.39 Å². The molecule has 1 atom stereocenters. The van der Waals surface area contributed by atoms with Crippen molar-refractivity contribution in [2.45, 2.75) is 19.5 Å². The molecular weight excluding hydrogens is 291 g/mol. The van der Waals surface area contributed by atoms with E-state index in [4.69, 9.17) is 17.3 Å². The van der Waals surface area contributed by atoms with Gasteiger partial charge in [-0.05, 0) is 36.8 Å². The first-order valence-corrected chi connectivity index (χ1v) is 6.92. The monoisotopic (exact) mass is 306 g/mol. The summed E-state index contributed by atoms with van der Waals surface area (Å²) in [5.74, 6) is -1.08. The van der Waals surface area contributed by atoms with Crippen molar-refractivity contribution in [1.29, 1.82) is 0 Å². The molecule has 0 saturated carbocycles. The topological polar surface area (TPSA) is 55.1 Å². The Bertz CT molecular complexity index is 643. The summed E-state index contributed by atoms with van der Waals surface area (Å²) in [6, 6.07) is 11.8. The van der Waals surface area contributed by atoms with Crippen LogP contribution in [-0.4, -0.2) is 5.91 Å².